The first-order valence-electron chi connectivity index (χ1n) is 7.04. The molecule has 1 aromatic heterocycles. The number of hydrogen-bond acceptors (Lipinski definition) is 5. The zero-order chi connectivity index (χ0) is 13.8. The van der Waals surface area contributed by atoms with E-state index in [-0.39, 0.29) is 0 Å². The molecule has 0 spiro atoms. The zero-order valence-electron chi connectivity index (χ0n) is 12.1. The standard InChI is InChI=1S/C14H24N4O/c1-4-12-13(15)16-9-17-14(12)18(7-8-19-3)10(2)11-5-6-11/h9-11H,4-8H2,1-3H3,(H2,15,16,17). The van der Waals surface area contributed by atoms with Gasteiger partial charge in [0.05, 0.1) is 6.61 Å². The summed E-state index contributed by atoms with van der Waals surface area (Å²) in [6, 6.07) is 0.481. The summed E-state index contributed by atoms with van der Waals surface area (Å²) in [4.78, 5) is 10.9. The Labute approximate surface area is 115 Å². The molecule has 2 N–H and O–H groups in total. The minimum Gasteiger partial charge on any atom is -0.383 e. The van der Waals surface area contributed by atoms with Gasteiger partial charge >= 0.3 is 0 Å². The van der Waals surface area contributed by atoms with Crippen LogP contribution >= 0.6 is 0 Å². The van der Waals surface area contributed by atoms with Gasteiger partial charge in [-0.05, 0) is 32.1 Å². The summed E-state index contributed by atoms with van der Waals surface area (Å²) in [6.07, 6.45) is 5.03. The third-order valence-electron chi connectivity index (χ3n) is 3.91. The molecule has 0 saturated heterocycles. The first-order valence-corrected chi connectivity index (χ1v) is 7.04. The predicted octanol–water partition coefficient (Wildman–Crippen LogP) is 1.87. The Morgan fingerprint density at radius 2 is 2.21 bits per heavy atom. The van der Waals surface area contributed by atoms with Crippen molar-refractivity contribution < 1.29 is 4.74 Å². The second-order valence-corrected chi connectivity index (χ2v) is 5.18. The molecule has 1 unspecified atom stereocenters. The molecule has 1 atom stereocenters. The quantitative estimate of drug-likeness (QED) is 0.814. The van der Waals surface area contributed by atoms with Gasteiger partial charge in [-0.3, -0.25) is 0 Å². The molecule has 19 heavy (non-hydrogen) atoms. The van der Waals surface area contributed by atoms with E-state index in [9.17, 15) is 0 Å². The molecule has 1 fully saturated rings. The van der Waals surface area contributed by atoms with Gasteiger partial charge in [0.2, 0.25) is 0 Å². The van der Waals surface area contributed by atoms with Gasteiger partial charge in [0.1, 0.15) is 18.0 Å². The topological polar surface area (TPSA) is 64.3 Å². The number of rotatable bonds is 7. The van der Waals surface area contributed by atoms with Crippen molar-refractivity contribution in [3.05, 3.63) is 11.9 Å². The van der Waals surface area contributed by atoms with Gasteiger partial charge in [-0.1, -0.05) is 6.92 Å². The van der Waals surface area contributed by atoms with Crippen LogP contribution < -0.4 is 10.6 Å². The summed E-state index contributed by atoms with van der Waals surface area (Å²) in [6.45, 7) is 5.90. The van der Waals surface area contributed by atoms with Crippen LogP contribution in [0.3, 0.4) is 0 Å². The van der Waals surface area contributed by atoms with E-state index < -0.39 is 0 Å². The van der Waals surface area contributed by atoms with Crippen LogP contribution in [0.25, 0.3) is 0 Å². The Hall–Kier alpha value is -1.36. The van der Waals surface area contributed by atoms with Gasteiger partial charge in [0.15, 0.2) is 0 Å². The first kappa shape index (κ1) is 14.1. The smallest absolute Gasteiger partial charge is 0.137 e. The minimum absolute atomic E-state index is 0.481. The zero-order valence-corrected chi connectivity index (χ0v) is 12.1. The number of ether oxygens (including phenoxy) is 1. The van der Waals surface area contributed by atoms with Gasteiger partial charge < -0.3 is 15.4 Å². The maximum absolute atomic E-state index is 5.98. The van der Waals surface area contributed by atoms with Crippen molar-refractivity contribution in [3.63, 3.8) is 0 Å². The van der Waals surface area contributed by atoms with E-state index in [1.54, 1.807) is 13.4 Å². The Balaban J connectivity index is 2.28. The lowest BCUT2D eigenvalue weighted by molar-refractivity contribution is 0.202. The number of nitrogen functional groups attached to an aromatic ring is 1. The normalized spacial score (nSPS) is 16.4. The number of anilines is 2. The number of aromatic nitrogens is 2. The lowest BCUT2D eigenvalue weighted by Gasteiger charge is -2.32. The van der Waals surface area contributed by atoms with Crippen LogP contribution in [-0.2, 0) is 11.2 Å². The molecule has 1 aliphatic carbocycles. The molecule has 2 rings (SSSR count). The Bertz CT molecular complexity index is 420. The lowest BCUT2D eigenvalue weighted by Crippen LogP contribution is -2.38. The summed E-state index contributed by atoms with van der Waals surface area (Å²) < 4.78 is 5.23. The maximum atomic E-state index is 5.98. The van der Waals surface area contributed by atoms with Gasteiger partial charge in [-0.25, -0.2) is 9.97 Å². The summed E-state index contributed by atoms with van der Waals surface area (Å²) in [7, 11) is 1.73. The van der Waals surface area contributed by atoms with Crippen LogP contribution in [0.5, 0.6) is 0 Å². The molecule has 106 valence electrons. The molecule has 1 saturated carbocycles. The predicted molar refractivity (Wildman–Crippen MR) is 77.2 cm³/mol. The van der Waals surface area contributed by atoms with E-state index in [1.165, 1.54) is 12.8 Å². The lowest BCUT2D eigenvalue weighted by atomic mass is 10.1. The minimum atomic E-state index is 0.481. The highest BCUT2D eigenvalue weighted by molar-refractivity contribution is 5.57. The van der Waals surface area contributed by atoms with Gasteiger partial charge in [0.25, 0.3) is 0 Å². The van der Waals surface area contributed by atoms with Crippen LogP contribution in [0.1, 0.15) is 32.3 Å². The first-order chi connectivity index (χ1) is 9.19. The van der Waals surface area contributed by atoms with E-state index in [1.807, 2.05) is 0 Å². The van der Waals surface area contributed by atoms with Crippen molar-refractivity contribution in [2.75, 3.05) is 30.9 Å². The molecule has 0 radical (unpaired) electrons. The fraction of sp³-hybridized carbons (Fsp3) is 0.714. The fourth-order valence-corrected chi connectivity index (χ4v) is 2.53. The van der Waals surface area contributed by atoms with Crippen molar-refractivity contribution in [1.82, 2.24) is 9.97 Å². The highest BCUT2D eigenvalue weighted by atomic mass is 16.5. The Morgan fingerprint density at radius 1 is 1.47 bits per heavy atom. The van der Waals surface area contributed by atoms with Crippen molar-refractivity contribution in [2.24, 2.45) is 5.92 Å². The van der Waals surface area contributed by atoms with Crippen molar-refractivity contribution in [1.29, 1.82) is 0 Å². The summed E-state index contributed by atoms with van der Waals surface area (Å²) in [5.41, 5.74) is 7.03. The average Bonchev–Trinajstić information content (AvgIpc) is 3.23. The average molecular weight is 264 g/mol. The molecule has 1 heterocycles. The maximum Gasteiger partial charge on any atom is 0.137 e. The SMILES string of the molecule is CCc1c(N)ncnc1N(CCOC)C(C)C1CC1. The molecule has 0 aromatic carbocycles. The van der Waals surface area contributed by atoms with Gasteiger partial charge in [-0.2, -0.15) is 0 Å². The van der Waals surface area contributed by atoms with Crippen molar-refractivity contribution >= 4 is 11.6 Å². The monoisotopic (exact) mass is 264 g/mol. The van der Waals surface area contributed by atoms with E-state index >= 15 is 0 Å². The van der Waals surface area contributed by atoms with E-state index in [2.05, 4.69) is 28.7 Å². The van der Waals surface area contributed by atoms with Crippen molar-refractivity contribution in [3.8, 4) is 0 Å². The summed E-state index contributed by atoms with van der Waals surface area (Å²) in [5, 5.41) is 0. The van der Waals surface area contributed by atoms with E-state index in [0.717, 1.165) is 30.3 Å². The van der Waals surface area contributed by atoms with Gasteiger partial charge in [-0.15, -0.1) is 0 Å². The highest BCUT2D eigenvalue weighted by Crippen LogP contribution is 2.37. The largest absolute Gasteiger partial charge is 0.383 e. The van der Waals surface area contributed by atoms with Crippen LogP contribution in [0.4, 0.5) is 11.6 Å². The van der Waals surface area contributed by atoms with E-state index in [0.29, 0.717) is 18.5 Å². The number of hydrogen-bond donors (Lipinski definition) is 1. The number of methoxy groups -OCH3 is 1. The Kier molecular flexibility index (Phi) is 4.58. The molecular weight excluding hydrogens is 240 g/mol. The van der Waals surface area contributed by atoms with Crippen molar-refractivity contribution in [2.45, 2.75) is 39.2 Å². The number of nitrogens with two attached hydrogens (primary N) is 1. The second kappa shape index (κ2) is 6.19. The molecular formula is C14H24N4O. The summed E-state index contributed by atoms with van der Waals surface area (Å²) >= 11 is 0. The van der Waals surface area contributed by atoms with Crippen LogP contribution in [0.2, 0.25) is 0 Å². The van der Waals surface area contributed by atoms with Crippen LogP contribution in [0, 0.1) is 5.92 Å². The molecule has 0 amide bonds. The van der Waals surface area contributed by atoms with Gasteiger partial charge in [0, 0.05) is 25.3 Å². The molecule has 1 aliphatic rings. The van der Waals surface area contributed by atoms with Crippen LogP contribution in [-0.4, -0.2) is 36.3 Å². The third kappa shape index (κ3) is 3.15. The summed E-state index contributed by atoms with van der Waals surface area (Å²) in [5.74, 6) is 2.35. The number of nitrogens with zero attached hydrogens (tertiary/aromatic N) is 3. The third-order valence-corrected chi connectivity index (χ3v) is 3.91. The second-order valence-electron chi connectivity index (χ2n) is 5.18. The molecule has 5 heteroatoms. The molecule has 0 bridgehead atoms. The molecule has 5 nitrogen and oxygen atoms in total. The molecule has 1 aromatic rings. The molecule has 0 aliphatic heterocycles. The van der Waals surface area contributed by atoms with Crippen LogP contribution in [0.15, 0.2) is 6.33 Å². The fourth-order valence-electron chi connectivity index (χ4n) is 2.53. The Morgan fingerprint density at radius 3 is 2.79 bits per heavy atom. The van der Waals surface area contributed by atoms with E-state index in [4.69, 9.17) is 10.5 Å². The highest BCUT2D eigenvalue weighted by Gasteiger charge is 2.33.